The Morgan fingerprint density at radius 3 is 2.40 bits per heavy atom. The van der Waals surface area contributed by atoms with Crippen molar-refractivity contribution in [3.63, 3.8) is 0 Å². The van der Waals surface area contributed by atoms with Crippen molar-refractivity contribution in [2.45, 2.75) is 20.4 Å². The van der Waals surface area contributed by atoms with E-state index in [9.17, 15) is 4.79 Å². The van der Waals surface area contributed by atoms with Crippen molar-refractivity contribution < 1.29 is 9.47 Å². The highest BCUT2D eigenvalue weighted by molar-refractivity contribution is 5.60. The normalized spacial score (nSPS) is 10.6. The predicted molar refractivity (Wildman–Crippen MR) is 79.1 cm³/mol. The standard InChI is InChI=1S/C16H19NO3/c1-4-17-15(10-5-12(2)16(17)18)13-6-8-14(9-7-13)20-11-19-3/h5-10H,4,11H2,1-3H3. The van der Waals surface area contributed by atoms with Crippen molar-refractivity contribution in [1.82, 2.24) is 4.57 Å². The summed E-state index contributed by atoms with van der Waals surface area (Å²) in [5.41, 5.74) is 2.73. The monoisotopic (exact) mass is 273 g/mol. The van der Waals surface area contributed by atoms with E-state index in [1.54, 1.807) is 11.7 Å². The molecular weight excluding hydrogens is 254 g/mol. The summed E-state index contributed by atoms with van der Waals surface area (Å²) in [6, 6.07) is 11.5. The lowest BCUT2D eigenvalue weighted by Crippen LogP contribution is -2.22. The molecule has 2 rings (SSSR count). The van der Waals surface area contributed by atoms with E-state index < -0.39 is 0 Å². The Morgan fingerprint density at radius 1 is 1.10 bits per heavy atom. The summed E-state index contributed by atoms with van der Waals surface area (Å²) in [7, 11) is 1.58. The van der Waals surface area contributed by atoms with Gasteiger partial charge in [0.05, 0.1) is 5.69 Å². The van der Waals surface area contributed by atoms with Gasteiger partial charge in [-0.15, -0.1) is 0 Å². The lowest BCUT2D eigenvalue weighted by atomic mass is 10.1. The molecule has 0 bridgehead atoms. The molecule has 0 aliphatic heterocycles. The zero-order valence-corrected chi connectivity index (χ0v) is 12.1. The quantitative estimate of drug-likeness (QED) is 0.786. The SMILES string of the molecule is CCn1c(-c2ccc(OCOC)cc2)ccc(C)c1=O. The summed E-state index contributed by atoms with van der Waals surface area (Å²) in [6.45, 7) is 4.68. The number of hydrogen-bond donors (Lipinski definition) is 0. The molecule has 0 aliphatic rings. The number of hydrogen-bond acceptors (Lipinski definition) is 3. The first-order valence-corrected chi connectivity index (χ1v) is 6.60. The Kier molecular flexibility index (Phi) is 4.58. The van der Waals surface area contributed by atoms with Crippen LogP contribution >= 0.6 is 0 Å². The van der Waals surface area contributed by atoms with Gasteiger partial charge in [0.2, 0.25) is 0 Å². The van der Waals surface area contributed by atoms with Crippen molar-refractivity contribution in [2.75, 3.05) is 13.9 Å². The van der Waals surface area contributed by atoms with Crippen LogP contribution in [0.2, 0.25) is 0 Å². The molecule has 0 unspecified atom stereocenters. The highest BCUT2D eigenvalue weighted by Gasteiger charge is 2.07. The average molecular weight is 273 g/mol. The molecule has 0 radical (unpaired) electrons. The van der Waals surface area contributed by atoms with Gasteiger partial charge in [-0.1, -0.05) is 6.07 Å². The zero-order valence-electron chi connectivity index (χ0n) is 12.1. The third kappa shape index (κ3) is 2.91. The van der Waals surface area contributed by atoms with Crippen molar-refractivity contribution in [2.24, 2.45) is 0 Å². The molecule has 20 heavy (non-hydrogen) atoms. The fourth-order valence-corrected chi connectivity index (χ4v) is 2.10. The van der Waals surface area contributed by atoms with E-state index in [-0.39, 0.29) is 12.4 Å². The molecule has 106 valence electrons. The summed E-state index contributed by atoms with van der Waals surface area (Å²) in [5, 5.41) is 0. The summed E-state index contributed by atoms with van der Waals surface area (Å²) in [5.74, 6) is 0.744. The number of ether oxygens (including phenoxy) is 2. The fraction of sp³-hybridized carbons (Fsp3) is 0.312. The smallest absolute Gasteiger partial charge is 0.253 e. The summed E-state index contributed by atoms with van der Waals surface area (Å²) in [4.78, 5) is 12.1. The highest BCUT2D eigenvalue weighted by atomic mass is 16.7. The van der Waals surface area contributed by atoms with E-state index in [0.717, 1.165) is 22.6 Å². The maximum atomic E-state index is 12.1. The molecule has 0 saturated heterocycles. The zero-order chi connectivity index (χ0) is 14.5. The Labute approximate surface area is 118 Å². The molecule has 0 saturated carbocycles. The van der Waals surface area contributed by atoms with Crippen LogP contribution in [0.5, 0.6) is 5.75 Å². The van der Waals surface area contributed by atoms with Gasteiger partial charge < -0.3 is 14.0 Å². The third-order valence-corrected chi connectivity index (χ3v) is 3.17. The third-order valence-electron chi connectivity index (χ3n) is 3.17. The number of benzene rings is 1. The Hall–Kier alpha value is -2.07. The van der Waals surface area contributed by atoms with E-state index in [4.69, 9.17) is 9.47 Å². The summed E-state index contributed by atoms with van der Waals surface area (Å²) in [6.07, 6.45) is 0. The summed E-state index contributed by atoms with van der Waals surface area (Å²) < 4.78 is 12.0. The van der Waals surface area contributed by atoms with Crippen LogP contribution in [0.3, 0.4) is 0 Å². The molecule has 0 spiro atoms. The molecule has 2 aromatic rings. The van der Waals surface area contributed by atoms with Gasteiger partial charge in [0.25, 0.3) is 5.56 Å². The van der Waals surface area contributed by atoms with E-state index in [2.05, 4.69) is 0 Å². The van der Waals surface area contributed by atoms with Crippen LogP contribution in [0.4, 0.5) is 0 Å². The first-order chi connectivity index (χ1) is 9.67. The minimum Gasteiger partial charge on any atom is -0.468 e. The van der Waals surface area contributed by atoms with Gasteiger partial charge >= 0.3 is 0 Å². The lowest BCUT2D eigenvalue weighted by Gasteiger charge is -2.12. The number of aromatic nitrogens is 1. The molecular formula is C16H19NO3. The van der Waals surface area contributed by atoms with E-state index >= 15 is 0 Å². The predicted octanol–water partition coefficient (Wildman–Crippen LogP) is 2.83. The number of methoxy groups -OCH3 is 1. The van der Waals surface area contributed by atoms with Gasteiger partial charge in [0.1, 0.15) is 5.75 Å². The van der Waals surface area contributed by atoms with Crippen LogP contribution in [0.15, 0.2) is 41.2 Å². The number of aryl methyl sites for hydroxylation is 1. The average Bonchev–Trinajstić information content (AvgIpc) is 2.48. The van der Waals surface area contributed by atoms with Gasteiger partial charge in [-0.3, -0.25) is 4.79 Å². The fourth-order valence-electron chi connectivity index (χ4n) is 2.10. The number of pyridine rings is 1. The first-order valence-electron chi connectivity index (χ1n) is 6.60. The van der Waals surface area contributed by atoms with Crippen LogP contribution in [0.25, 0.3) is 11.3 Å². The van der Waals surface area contributed by atoms with Gasteiger partial charge in [-0.2, -0.15) is 0 Å². The van der Waals surface area contributed by atoms with Gasteiger partial charge in [-0.05, 0) is 49.7 Å². The van der Waals surface area contributed by atoms with Crippen molar-refractivity contribution >= 4 is 0 Å². The van der Waals surface area contributed by atoms with Crippen molar-refractivity contribution in [1.29, 1.82) is 0 Å². The summed E-state index contributed by atoms with van der Waals surface area (Å²) >= 11 is 0. The molecule has 0 aliphatic carbocycles. The Balaban J connectivity index is 2.37. The second-order valence-corrected chi connectivity index (χ2v) is 4.53. The number of rotatable bonds is 5. The topological polar surface area (TPSA) is 40.5 Å². The van der Waals surface area contributed by atoms with Crippen molar-refractivity contribution in [3.8, 4) is 17.0 Å². The van der Waals surface area contributed by atoms with Crippen LogP contribution < -0.4 is 10.3 Å². The first kappa shape index (κ1) is 14.3. The minimum atomic E-state index is 0.0599. The van der Waals surface area contributed by atoms with Gasteiger partial charge in [0, 0.05) is 19.2 Å². The Bertz CT molecular complexity index is 629. The molecule has 1 heterocycles. The van der Waals surface area contributed by atoms with Crippen molar-refractivity contribution in [3.05, 3.63) is 52.3 Å². The molecule has 4 heteroatoms. The van der Waals surface area contributed by atoms with E-state index in [0.29, 0.717) is 6.54 Å². The molecule has 0 amide bonds. The maximum absolute atomic E-state index is 12.1. The molecule has 0 N–H and O–H groups in total. The minimum absolute atomic E-state index is 0.0599. The van der Waals surface area contributed by atoms with Crippen LogP contribution in [0.1, 0.15) is 12.5 Å². The van der Waals surface area contributed by atoms with Crippen LogP contribution in [-0.4, -0.2) is 18.5 Å². The molecule has 1 aromatic heterocycles. The second kappa shape index (κ2) is 6.39. The second-order valence-electron chi connectivity index (χ2n) is 4.53. The number of nitrogens with zero attached hydrogens (tertiary/aromatic N) is 1. The van der Waals surface area contributed by atoms with Gasteiger partial charge in [0.15, 0.2) is 6.79 Å². The maximum Gasteiger partial charge on any atom is 0.253 e. The molecule has 4 nitrogen and oxygen atoms in total. The van der Waals surface area contributed by atoms with Crippen LogP contribution in [0, 0.1) is 6.92 Å². The highest BCUT2D eigenvalue weighted by Crippen LogP contribution is 2.22. The molecule has 0 fully saturated rings. The Morgan fingerprint density at radius 2 is 1.80 bits per heavy atom. The van der Waals surface area contributed by atoms with Gasteiger partial charge in [-0.25, -0.2) is 0 Å². The largest absolute Gasteiger partial charge is 0.468 e. The lowest BCUT2D eigenvalue weighted by molar-refractivity contribution is 0.0511. The van der Waals surface area contributed by atoms with E-state index in [1.807, 2.05) is 50.2 Å². The van der Waals surface area contributed by atoms with E-state index in [1.165, 1.54) is 0 Å². The molecule has 1 aromatic carbocycles. The molecule has 0 atom stereocenters. The van der Waals surface area contributed by atoms with Crippen LogP contribution in [-0.2, 0) is 11.3 Å².